The Bertz CT molecular complexity index is 656. The van der Waals surface area contributed by atoms with Crippen molar-refractivity contribution in [1.29, 1.82) is 0 Å². The number of imide groups is 1. The van der Waals surface area contributed by atoms with Crippen molar-refractivity contribution in [1.82, 2.24) is 14.5 Å². The molecular formula is C18H25N3O3. The highest BCUT2D eigenvalue weighted by Gasteiger charge is 2.31. The van der Waals surface area contributed by atoms with Gasteiger partial charge in [0.2, 0.25) is 0 Å². The fourth-order valence-electron chi connectivity index (χ4n) is 3.73. The Balaban J connectivity index is 1.76. The topological polar surface area (TPSA) is 75.4 Å². The lowest BCUT2D eigenvalue weighted by Crippen LogP contribution is -2.43. The molecule has 0 bridgehead atoms. The first-order valence-electron chi connectivity index (χ1n) is 8.73. The highest BCUT2D eigenvalue weighted by Crippen LogP contribution is 2.32. The lowest BCUT2D eigenvalue weighted by molar-refractivity contribution is -0.127. The van der Waals surface area contributed by atoms with Crippen LogP contribution in [0, 0.1) is 11.8 Å². The Morgan fingerprint density at radius 1 is 1.25 bits per heavy atom. The molecule has 0 spiro atoms. The molecule has 1 aromatic heterocycles. The number of imidazole rings is 1. The van der Waals surface area contributed by atoms with Crippen molar-refractivity contribution in [3.63, 3.8) is 0 Å². The number of nitrogens with zero attached hydrogens (tertiary/aromatic N) is 3. The van der Waals surface area contributed by atoms with Crippen molar-refractivity contribution < 1.29 is 14.7 Å². The minimum absolute atomic E-state index is 0.131. The van der Waals surface area contributed by atoms with Gasteiger partial charge in [0.15, 0.2) is 0 Å². The van der Waals surface area contributed by atoms with Gasteiger partial charge in [0.25, 0.3) is 5.91 Å². The maximum absolute atomic E-state index is 12.3. The molecule has 0 unspecified atom stereocenters. The van der Waals surface area contributed by atoms with Gasteiger partial charge in [-0.25, -0.2) is 14.7 Å². The van der Waals surface area contributed by atoms with Crippen molar-refractivity contribution in [2.75, 3.05) is 6.54 Å². The number of hydrogen-bond donors (Lipinski definition) is 1. The molecule has 3 rings (SSSR count). The third-order valence-corrected chi connectivity index (χ3v) is 5.16. The summed E-state index contributed by atoms with van der Waals surface area (Å²) in [4.78, 5) is 28.8. The molecule has 1 saturated carbocycles. The molecule has 1 aliphatic carbocycles. The number of carbonyl (C=O) groups excluding carboxylic acids is 1. The summed E-state index contributed by atoms with van der Waals surface area (Å²) in [5.74, 6) is 0.517. The lowest BCUT2D eigenvalue weighted by atomic mass is 9.87. The Kier molecular flexibility index (Phi) is 4.73. The van der Waals surface area contributed by atoms with Gasteiger partial charge < -0.3 is 9.67 Å². The van der Waals surface area contributed by atoms with E-state index in [2.05, 4.69) is 16.5 Å². The second-order valence-corrected chi connectivity index (χ2v) is 7.34. The van der Waals surface area contributed by atoms with Crippen LogP contribution in [0.3, 0.4) is 0 Å². The highest BCUT2D eigenvalue weighted by molar-refractivity contribution is 6.05. The SMILES string of the molecule is CC1CCC(n2cnc(/C=C3\C[C@H](C)CN(C(=O)O)C3=O)c2)CC1. The summed E-state index contributed by atoms with van der Waals surface area (Å²) >= 11 is 0. The van der Waals surface area contributed by atoms with E-state index in [9.17, 15) is 9.59 Å². The van der Waals surface area contributed by atoms with Gasteiger partial charge in [-0.3, -0.25) is 4.79 Å². The van der Waals surface area contributed by atoms with Gasteiger partial charge in [-0.15, -0.1) is 0 Å². The monoisotopic (exact) mass is 331 g/mol. The lowest BCUT2D eigenvalue weighted by Gasteiger charge is -2.28. The summed E-state index contributed by atoms with van der Waals surface area (Å²) in [5.41, 5.74) is 1.26. The van der Waals surface area contributed by atoms with Gasteiger partial charge >= 0.3 is 6.09 Å². The smallest absolute Gasteiger partial charge is 0.414 e. The molecule has 6 heteroatoms. The summed E-state index contributed by atoms with van der Waals surface area (Å²) in [5, 5.41) is 9.16. The van der Waals surface area contributed by atoms with Crippen molar-refractivity contribution in [3.05, 3.63) is 23.8 Å². The molecule has 1 aromatic rings. The summed E-state index contributed by atoms with van der Waals surface area (Å²) < 4.78 is 2.14. The fourth-order valence-corrected chi connectivity index (χ4v) is 3.73. The predicted molar refractivity (Wildman–Crippen MR) is 90.4 cm³/mol. The van der Waals surface area contributed by atoms with Gasteiger partial charge in [-0.2, -0.15) is 0 Å². The van der Waals surface area contributed by atoms with Gasteiger partial charge in [0, 0.05) is 24.4 Å². The molecule has 2 aliphatic rings. The normalized spacial score (nSPS) is 29.9. The maximum atomic E-state index is 12.3. The van der Waals surface area contributed by atoms with Crippen LogP contribution in [0.5, 0.6) is 0 Å². The molecule has 0 radical (unpaired) electrons. The molecule has 1 N–H and O–H groups in total. The molecule has 2 amide bonds. The maximum Gasteiger partial charge on any atom is 0.414 e. The van der Waals surface area contributed by atoms with E-state index < -0.39 is 12.0 Å². The van der Waals surface area contributed by atoms with Crippen molar-refractivity contribution in [3.8, 4) is 0 Å². The Labute approximate surface area is 142 Å². The number of piperidine rings is 1. The first-order valence-corrected chi connectivity index (χ1v) is 8.73. The third kappa shape index (κ3) is 3.52. The summed E-state index contributed by atoms with van der Waals surface area (Å²) in [7, 11) is 0. The zero-order chi connectivity index (χ0) is 17.3. The molecule has 0 aromatic carbocycles. The molecule has 2 heterocycles. The average Bonchev–Trinajstić information content (AvgIpc) is 2.99. The van der Waals surface area contributed by atoms with Crippen LogP contribution in [0.1, 0.15) is 57.7 Å². The number of rotatable bonds is 2. The number of aromatic nitrogens is 2. The van der Waals surface area contributed by atoms with E-state index in [1.807, 2.05) is 19.4 Å². The zero-order valence-corrected chi connectivity index (χ0v) is 14.3. The average molecular weight is 331 g/mol. The number of carboxylic acid groups (broad SMARTS) is 1. The Hall–Kier alpha value is -2.11. The van der Waals surface area contributed by atoms with Crippen LogP contribution in [-0.4, -0.2) is 38.1 Å². The minimum Gasteiger partial charge on any atom is -0.465 e. The largest absolute Gasteiger partial charge is 0.465 e. The van der Waals surface area contributed by atoms with E-state index in [0.717, 1.165) is 29.4 Å². The summed E-state index contributed by atoms with van der Waals surface area (Å²) in [6.07, 6.45) is 9.77. The van der Waals surface area contributed by atoms with Crippen LogP contribution in [0.25, 0.3) is 6.08 Å². The van der Waals surface area contributed by atoms with Crippen LogP contribution < -0.4 is 0 Å². The van der Waals surface area contributed by atoms with E-state index >= 15 is 0 Å². The highest BCUT2D eigenvalue weighted by atomic mass is 16.4. The molecule has 1 atom stereocenters. The first-order chi connectivity index (χ1) is 11.4. The predicted octanol–water partition coefficient (Wildman–Crippen LogP) is 3.56. The zero-order valence-electron chi connectivity index (χ0n) is 14.3. The van der Waals surface area contributed by atoms with E-state index in [0.29, 0.717) is 18.0 Å². The molecule has 2 fully saturated rings. The molecule has 1 aliphatic heterocycles. The van der Waals surface area contributed by atoms with E-state index in [-0.39, 0.29) is 12.5 Å². The van der Waals surface area contributed by atoms with Gasteiger partial charge in [0.1, 0.15) is 0 Å². The van der Waals surface area contributed by atoms with Crippen molar-refractivity contribution >= 4 is 18.1 Å². The van der Waals surface area contributed by atoms with Crippen LogP contribution >= 0.6 is 0 Å². The van der Waals surface area contributed by atoms with E-state index in [4.69, 9.17) is 5.11 Å². The molecule has 130 valence electrons. The minimum atomic E-state index is -1.18. The fraction of sp³-hybridized carbons (Fsp3) is 0.611. The number of carbonyl (C=O) groups is 2. The number of hydrogen-bond acceptors (Lipinski definition) is 3. The Morgan fingerprint density at radius 3 is 2.62 bits per heavy atom. The standard InChI is InChI=1S/C18H25N3O3/c1-12-3-5-16(6-4-12)20-10-15(19-11-20)8-14-7-13(2)9-21(17(14)22)18(23)24/h8,10-13,16H,3-7,9H2,1-2H3,(H,23,24)/b14-8+/t12?,13-,16?/m0/s1. The van der Waals surface area contributed by atoms with Crippen LogP contribution in [0.2, 0.25) is 0 Å². The summed E-state index contributed by atoms with van der Waals surface area (Å²) in [6, 6.07) is 0.484. The van der Waals surface area contributed by atoms with Gasteiger partial charge in [0.05, 0.1) is 12.0 Å². The number of likely N-dealkylation sites (tertiary alicyclic amines) is 1. The van der Waals surface area contributed by atoms with Crippen molar-refractivity contribution in [2.24, 2.45) is 11.8 Å². The second kappa shape index (κ2) is 6.79. The van der Waals surface area contributed by atoms with Crippen LogP contribution in [0.15, 0.2) is 18.1 Å². The number of amides is 2. The Morgan fingerprint density at radius 2 is 1.96 bits per heavy atom. The van der Waals surface area contributed by atoms with Crippen molar-refractivity contribution in [2.45, 2.75) is 52.0 Å². The first kappa shape index (κ1) is 16.7. The molecule has 1 saturated heterocycles. The molecule has 6 nitrogen and oxygen atoms in total. The van der Waals surface area contributed by atoms with Gasteiger partial charge in [-0.1, -0.05) is 13.8 Å². The van der Waals surface area contributed by atoms with Crippen LogP contribution in [-0.2, 0) is 4.79 Å². The summed E-state index contributed by atoms with van der Waals surface area (Å²) in [6.45, 7) is 4.52. The molecule has 24 heavy (non-hydrogen) atoms. The van der Waals surface area contributed by atoms with E-state index in [1.54, 1.807) is 6.08 Å². The van der Waals surface area contributed by atoms with Gasteiger partial charge in [-0.05, 0) is 50.0 Å². The molecular weight excluding hydrogens is 306 g/mol. The van der Waals surface area contributed by atoms with Crippen LogP contribution in [0.4, 0.5) is 4.79 Å². The van der Waals surface area contributed by atoms with E-state index in [1.165, 1.54) is 12.8 Å². The second-order valence-electron chi connectivity index (χ2n) is 7.34. The quantitative estimate of drug-likeness (QED) is 0.841. The third-order valence-electron chi connectivity index (χ3n) is 5.16.